The molecule has 0 fully saturated rings. The van der Waals surface area contributed by atoms with Crippen LogP contribution in [0.3, 0.4) is 0 Å². The van der Waals surface area contributed by atoms with Crippen LogP contribution < -0.4 is 10.1 Å². The Kier molecular flexibility index (Phi) is 3.89. The van der Waals surface area contributed by atoms with Crippen LogP contribution in [0.5, 0.6) is 5.88 Å². The maximum atomic E-state index is 11.7. The van der Waals surface area contributed by atoms with Crippen molar-refractivity contribution in [1.29, 1.82) is 0 Å². The normalized spacial score (nSPS) is 13.3. The molecule has 2 rings (SSSR count). The van der Waals surface area contributed by atoms with E-state index in [2.05, 4.69) is 10.3 Å². The van der Waals surface area contributed by atoms with Gasteiger partial charge in [-0.1, -0.05) is 30.3 Å². The number of hydrogen-bond acceptors (Lipinski definition) is 4. The topological polar surface area (TPSA) is 71.5 Å². The third kappa shape index (κ3) is 2.71. The Morgan fingerprint density at radius 3 is 2.60 bits per heavy atom. The van der Waals surface area contributed by atoms with Gasteiger partial charge in [0.1, 0.15) is 0 Å². The molecule has 0 spiro atoms. The van der Waals surface area contributed by atoms with E-state index in [0.717, 1.165) is 0 Å². The van der Waals surface area contributed by atoms with Gasteiger partial charge in [0.25, 0.3) is 0 Å². The second-order valence-electron chi connectivity index (χ2n) is 4.51. The molecule has 0 bridgehead atoms. The minimum atomic E-state index is -1.23. The van der Waals surface area contributed by atoms with E-state index in [1.165, 1.54) is 7.11 Å². The van der Waals surface area contributed by atoms with Crippen molar-refractivity contribution in [2.45, 2.75) is 12.5 Å². The lowest BCUT2D eigenvalue weighted by Crippen LogP contribution is -2.40. The molecular weight excluding hydrogens is 256 g/mol. The number of pyridine rings is 1. The maximum Gasteiger partial charge on any atom is 0.333 e. The highest BCUT2D eigenvalue weighted by Gasteiger charge is 2.35. The first kappa shape index (κ1) is 13.9. The molecule has 1 heterocycles. The van der Waals surface area contributed by atoms with E-state index in [4.69, 9.17) is 4.74 Å². The number of carbonyl (C=O) groups is 1. The van der Waals surface area contributed by atoms with E-state index in [9.17, 15) is 9.90 Å². The quantitative estimate of drug-likeness (QED) is 0.875. The van der Waals surface area contributed by atoms with Gasteiger partial charge in [0.2, 0.25) is 5.88 Å². The molecule has 1 atom stereocenters. The molecule has 0 aliphatic heterocycles. The molecule has 1 unspecified atom stereocenters. The monoisotopic (exact) mass is 272 g/mol. The summed E-state index contributed by atoms with van der Waals surface area (Å²) in [6.45, 7) is 1.62. The van der Waals surface area contributed by atoms with Crippen molar-refractivity contribution in [1.82, 2.24) is 4.98 Å². The number of nitrogens with one attached hydrogen (secondary N) is 1. The zero-order valence-electron chi connectivity index (χ0n) is 11.3. The van der Waals surface area contributed by atoms with Crippen LogP contribution in [0, 0.1) is 0 Å². The van der Waals surface area contributed by atoms with E-state index in [-0.39, 0.29) is 0 Å². The predicted molar refractivity (Wildman–Crippen MR) is 75.8 cm³/mol. The molecule has 1 aromatic heterocycles. The van der Waals surface area contributed by atoms with Crippen molar-refractivity contribution in [2.24, 2.45) is 0 Å². The highest BCUT2D eigenvalue weighted by atomic mass is 16.5. The van der Waals surface area contributed by atoms with Gasteiger partial charge < -0.3 is 15.2 Å². The summed E-state index contributed by atoms with van der Waals surface area (Å²) in [5.41, 5.74) is 0.0713. The Bertz CT molecular complexity index is 601. The molecular formula is C15H16N2O3. The summed E-state index contributed by atoms with van der Waals surface area (Å²) in [6.07, 6.45) is 1.56. The number of anilines is 1. The average Bonchev–Trinajstić information content (AvgIpc) is 2.48. The summed E-state index contributed by atoms with van der Waals surface area (Å²) in [6, 6.07) is 12.4. The van der Waals surface area contributed by atoms with Crippen molar-refractivity contribution in [3.63, 3.8) is 0 Å². The van der Waals surface area contributed by atoms with Crippen molar-refractivity contribution >= 4 is 11.7 Å². The molecule has 5 nitrogen and oxygen atoms in total. The van der Waals surface area contributed by atoms with Gasteiger partial charge in [-0.15, -0.1) is 0 Å². The first-order valence-corrected chi connectivity index (χ1v) is 6.13. The Labute approximate surface area is 117 Å². The molecule has 104 valence electrons. The fourth-order valence-electron chi connectivity index (χ4n) is 1.91. The molecule has 1 aromatic carbocycles. The summed E-state index contributed by atoms with van der Waals surface area (Å²) in [5, 5.41) is 12.6. The number of nitrogens with zero attached hydrogens (tertiary/aromatic N) is 1. The summed E-state index contributed by atoms with van der Waals surface area (Å²) in [5.74, 6) is -0.532. The summed E-state index contributed by atoms with van der Waals surface area (Å²) >= 11 is 0. The fraction of sp³-hybridized carbons (Fsp3) is 0.200. The molecule has 0 amide bonds. The van der Waals surface area contributed by atoms with Crippen LogP contribution in [0.1, 0.15) is 12.5 Å². The highest BCUT2D eigenvalue weighted by molar-refractivity contribution is 5.84. The van der Waals surface area contributed by atoms with Crippen LogP contribution in [-0.4, -0.2) is 23.2 Å². The van der Waals surface area contributed by atoms with E-state index in [1.807, 2.05) is 18.2 Å². The first-order chi connectivity index (χ1) is 9.56. The Balaban J connectivity index is 2.37. The third-order valence-corrected chi connectivity index (χ3v) is 3.12. The van der Waals surface area contributed by atoms with Gasteiger partial charge in [-0.25, -0.2) is 9.78 Å². The van der Waals surface area contributed by atoms with Gasteiger partial charge in [-0.05, 0) is 18.6 Å². The molecule has 0 saturated carbocycles. The smallest absolute Gasteiger partial charge is 0.333 e. The summed E-state index contributed by atoms with van der Waals surface area (Å²) in [7, 11) is 1.51. The summed E-state index contributed by atoms with van der Waals surface area (Å²) < 4.78 is 5.04. The van der Waals surface area contributed by atoms with E-state index < -0.39 is 11.5 Å². The molecule has 0 aliphatic rings. The van der Waals surface area contributed by atoms with Crippen molar-refractivity contribution in [3.8, 4) is 5.88 Å². The molecule has 2 N–H and O–H groups in total. The van der Waals surface area contributed by atoms with Gasteiger partial charge >= 0.3 is 5.97 Å². The molecule has 20 heavy (non-hydrogen) atoms. The zero-order chi connectivity index (χ0) is 14.6. The lowest BCUT2D eigenvalue weighted by molar-refractivity contribution is -0.142. The van der Waals surface area contributed by atoms with E-state index in [0.29, 0.717) is 17.1 Å². The van der Waals surface area contributed by atoms with Crippen LogP contribution >= 0.6 is 0 Å². The maximum absolute atomic E-state index is 11.7. The summed E-state index contributed by atoms with van der Waals surface area (Å²) in [4.78, 5) is 15.7. The number of carboxylic acid groups (broad SMARTS) is 1. The Morgan fingerprint density at radius 2 is 2.00 bits per heavy atom. The van der Waals surface area contributed by atoms with Gasteiger partial charge in [-0.2, -0.15) is 0 Å². The minimum Gasteiger partial charge on any atom is -0.481 e. The number of benzene rings is 1. The number of aliphatic carboxylic acids is 1. The Morgan fingerprint density at radius 1 is 1.30 bits per heavy atom. The minimum absolute atomic E-state index is 0.427. The van der Waals surface area contributed by atoms with Crippen LogP contribution in [0.2, 0.25) is 0 Å². The molecule has 0 aliphatic carbocycles. The van der Waals surface area contributed by atoms with Gasteiger partial charge in [0.15, 0.2) is 5.54 Å². The zero-order valence-corrected chi connectivity index (χ0v) is 11.3. The highest BCUT2D eigenvalue weighted by Crippen LogP contribution is 2.27. The first-order valence-electron chi connectivity index (χ1n) is 6.13. The van der Waals surface area contributed by atoms with Crippen LogP contribution in [0.15, 0.2) is 48.7 Å². The lowest BCUT2D eigenvalue weighted by atomic mass is 9.92. The van der Waals surface area contributed by atoms with Crippen LogP contribution in [0.4, 0.5) is 5.69 Å². The Hall–Kier alpha value is -2.56. The molecule has 5 heteroatoms. The van der Waals surface area contributed by atoms with E-state index >= 15 is 0 Å². The standard InChI is InChI=1S/C15H16N2O3/c1-15(14(18)19,11-6-4-3-5-7-11)17-12-8-9-16-13(10-12)20-2/h3-10H,1-2H3,(H,16,17)(H,18,19). The number of methoxy groups -OCH3 is 1. The van der Waals surface area contributed by atoms with Gasteiger partial charge in [0, 0.05) is 18.0 Å². The fourth-order valence-corrected chi connectivity index (χ4v) is 1.91. The molecule has 0 saturated heterocycles. The van der Waals surface area contributed by atoms with Crippen molar-refractivity contribution in [2.75, 3.05) is 12.4 Å². The second-order valence-corrected chi connectivity index (χ2v) is 4.51. The molecule has 2 aromatic rings. The number of hydrogen-bond donors (Lipinski definition) is 2. The molecule has 0 radical (unpaired) electrons. The number of ether oxygens (including phenoxy) is 1. The van der Waals surface area contributed by atoms with Gasteiger partial charge in [0.05, 0.1) is 7.11 Å². The average molecular weight is 272 g/mol. The SMILES string of the molecule is COc1cc(NC(C)(C(=O)O)c2ccccc2)ccn1. The number of aromatic nitrogens is 1. The third-order valence-electron chi connectivity index (χ3n) is 3.12. The van der Waals surface area contributed by atoms with Gasteiger partial charge in [-0.3, -0.25) is 0 Å². The van der Waals surface area contributed by atoms with Crippen molar-refractivity contribution in [3.05, 3.63) is 54.2 Å². The predicted octanol–water partition coefficient (Wildman–Crippen LogP) is 2.50. The van der Waals surface area contributed by atoms with E-state index in [1.54, 1.807) is 37.4 Å². The second kappa shape index (κ2) is 5.61. The largest absolute Gasteiger partial charge is 0.481 e. The number of rotatable bonds is 5. The van der Waals surface area contributed by atoms with Crippen LogP contribution in [-0.2, 0) is 10.3 Å². The lowest BCUT2D eigenvalue weighted by Gasteiger charge is -2.28. The van der Waals surface area contributed by atoms with Crippen LogP contribution in [0.25, 0.3) is 0 Å². The van der Waals surface area contributed by atoms with Crippen molar-refractivity contribution < 1.29 is 14.6 Å². The number of carboxylic acids is 1.